The van der Waals surface area contributed by atoms with Crippen LogP contribution in [0.1, 0.15) is 30.4 Å². The van der Waals surface area contributed by atoms with Crippen molar-refractivity contribution < 1.29 is 9.53 Å². The predicted molar refractivity (Wildman–Crippen MR) is 97.5 cm³/mol. The SMILES string of the molecule is NCC1(c2ccccc2)CC(NC(=O)C2CCc3ccccc3O2)C1. The molecule has 1 aliphatic carbocycles. The van der Waals surface area contributed by atoms with E-state index in [-0.39, 0.29) is 23.5 Å². The Kier molecular flexibility index (Phi) is 4.22. The molecule has 1 saturated carbocycles. The molecule has 1 amide bonds. The predicted octanol–water partition coefficient (Wildman–Crippen LogP) is 2.56. The second-order valence-corrected chi connectivity index (χ2v) is 7.22. The second kappa shape index (κ2) is 6.52. The molecule has 1 aliphatic heterocycles. The van der Waals surface area contributed by atoms with Crippen LogP contribution in [0.25, 0.3) is 0 Å². The molecule has 0 spiro atoms. The van der Waals surface area contributed by atoms with Crippen LogP contribution >= 0.6 is 0 Å². The standard InChI is InChI=1S/C21H24N2O2/c22-14-21(16-7-2-1-3-8-16)12-17(13-21)23-20(24)19-11-10-15-6-4-5-9-18(15)25-19/h1-9,17,19H,10-14,22H2,(H,23,24). The number of hydrogen-bond donors (Lipinski definition) is 2. The van der Waals surface area contributed by atoms with Gasteiger partial charge in [0.15, 0.2) is 6.10 Å². The van der Waals surface area contributed by atoms with E-state index in [1.807, 2.05) is 36.4 Å². The lowest BCUT2D eigenvalue weighted by molar-refractivity contribution is -0.130. The van der Waals surface area contributed by atoms with Crippen molar-refractivity contribution in [3.8, 4) is 5.75 Å². The molecule has 0 saturated heterocycles. The highest BCUT2D eigenvalue weighted by Gasteiger charge is 2.45. The van der Waals surface area contributed by atoms with Gasteiger partial charge in [-0.05, 0) is 42.9 Å². The molecule has 4 heteroatoms. The number of fused-ring (bicyclic) bond motifs is 1. The van der Waals surface area contributed by atoms with Gasteiger partial charge in [0.25, 0.3) is 5.91 Å². The molecular weight excluding hydrogens is 312 g/mol. The minimum absolute atomic E-state index is 0.000766. The Hall–Kier alpha value is -2.33. The maximum absolute atomic E-state index is 12.6. The highest BCUT2D eigenvalue weighted by Crippen LogP contribution is 2.43. The Labute approximate surface area is 148 Å². The van der Waals surface area contributed by atoms with Crippen molar-refractivity contribution in [3.05, 3.63) is 65.7 Å². The first-order chi connectivity index (χ1) is 12.2. The molecule has 2 aliphatic rings. The fraction of sp³-hybridized carbons (Fsp3) is 0.381. The number of carbonyl (C=O) groups excluding carboxylic acids is 1. The van der Waals surface area contributed by atoms with Crippen molar-refractivity contribution in [1.29, 1.82) is 0 Å². The molecular formula is C21H24N2O2. The van der Waals surface area contributed by atoms with Crippen LogP contribution in [0.2, 0.25) is 0 Å². The molecule has 2 aromatic carbocycles. The summed E-state index contributed by atoms with van der Waals surface area (Å²) in [6.07, 6.45) is 3.01. The van der Waals surface area contributed by atoms with Crippen molar-refractivity contribution in [2.24, 2.45) is 5.73 Å². The number of rotatable bonds is 4. The monoisotopic (exact) mass is 336 g/mol. The van der Waals surface area contributed by atoms with Crippen molar-refractivity contribution in [1.82, 2.24) is 5.32 Å². The van der Waals surface area contributed by atoms with Gasteiger partial charge in [-0.1, -0.05) is 48.5 Å². The molecule has 0 radical (unpaired) electrons. The van der Waals surface area contributed by atoms with Gasteiger partial charge >= 0.3 is 0 Å². The minimum Gasteiger partial charge on any atom is -0.480 e. The first-order valence-electron chi connectivity index (χ1n) is 9.01. The zero-order valence-electron chi connectivity index (χ0n) is 14.3. The summed E-state index contributed by atoms with van der Waals surface area (Å²) in [6.45, 7) is 0.608. The summed E-state index contributed by atoms with van der Waals surface area (Å²) < 4.78 is 5.89. The number of para-hydroxylation sites is 1. The Morgan fingerprint density at radius 1 is 1.12 bits per heavy atom. The Balaban J connectivity index is 1.36. The third-order valence-corrected chi connectivity index (χ3v) is 5.61. The average Bonchev–Trinajstić information content (AvgIpc) is 2.64. The maximum atomic E-state index is 12.6. The number of benzene rings is 2. The highest BCUT2D eigenvalue weighted by atomic mass is 16.5. The summed E-state index contributed by atoms with van der Waals surface area (Å²) in [5.41, 5.74) is 8.50. The molecule has 1 fully saturated rings. The van der Waals surface area contributed by atoms with Gasteiger partial charge in [0, 0.05) is 18.0 Å². The third-order valence-electron chi connectivity index (χ3n) is 5.61. The van der Waals surface area contributed by atoms with Crippen molar-refractivity contribution >= 4 is 5.91 Å². The topological polar surface area (TPSA) is 64.3 Å². The van der Waals surface area contributed by atoms with Gasteiger partial charge in [-0.2, -0.15) is 0 Å². The Morgan fingerprint density at radius 3 is 2.60 bits per heavy atom. The lowest BCUT2D eigenvalue weighted by Crippen LogP contribution is -2.58. The smallest absolute Gasteiger partial charge is 0.261 e. The number of ether oxygens (including phenoxy) is 1. The fourth-order valence-corrected chi connectivity index (χ4v) is 4.10. The van der Waals surface area contributed by atoms with E-state index in [1.54, 1.807) is 0 Å². The molecule has 1 unspecified atom stereocenters. The van der Waals surface area contributed by atoms with Crippen molar-refractivity contribution in [3.63, 3.8) is 0 Å². The van der Waals surface area contributed by atoms with Crippen LogP contribution in [0.4, 0.5) is 0 Å². The van der Waals surface area contributed by atoms with E-state index in [4.69, 9.17) is 10.5 Å². The summed E-state index contributed by atoms with van der Waals surface area (Å²) in [4.78, 5) is 12.6. The lowest BCUT2D eigenvalue weighted by Gasteiger charge is -2.48. The molecule has 0 aromatic heterocycles. The number of amides is 1. The summed E-state index contributed by atoms with van der Waals surface area (Å²) in [5, 5.41) is 3.16. The molecule has 1 heterocycles. The normalized spacial score (nSPS) is 27.6. The van der Waals surface area contributed by atoms with Crippen LogP contribution in [0.3, 0.4) is 0 Å². The van der Waals surface area contributed by atoms with Crippen LogP contribution < -0.4 is 15.8 Å². The Morgan fingerprint density at radius 2 is 1.84 bits per heavy atom. The largest absolute Gasteiger partial charge is 0.480 e. The first kappa shape index (κ1) is 16.2. The summed E-state index contributed by atoms with van der Waals surface area (Å²) >= 11 is 0. The molecule has 130 valence electrons. The van der Waals surface area contributed by atoms with E-state index in [2.05, 4.69) is 23.5 Å². The fourth-order valence-electron chi connectivity index (χ4n) is 4.10. The number of aryl methyl sites for hydroxylation is 1. The third kappa shape index (κ3) is 3.02. The van der Waals surface area contributed by atoms with Gasteiger partial charge in [0.1, 0.15) is 5.75 Å². The van der Waals surface area contributed by atoms with E-state index in [1.165, 1.54) is 11.1 Å². The number of nitrogens with two attached hydrogens (primary N) is 1. The van der Waals surface area contributed by atoms with Gasteiger partial charge in [0.05, 0.1) is 0 Å². The summed E-state index contributed by atoms with van der Waals surface area (Å²) in [5.74, 6) is 0.835. The molecule has 4 nitrogen and oxygen atoms in total. The lowest BCUT2D eigenvalue weighted by atomic mass is 9.61. The van der Waals surface area contributed by atoms with Gasteiger partial charge in [-0.3, -0.25) is 4.79 Å². The molecule has 1 atom stereocenters. The zero-order valence-corrected chi connectivity index (χ0v) is 14.3. The number of carbonyl (C=O) groups is 1. The van der Waals surface area contributed by atoms with Gasteiger partial charge < -0.3 is 15.8 Å². The number of nitrogens with one attached hydrogen (secondary N) is 1. The van der Waals surface area contributed by atoms with E-state index >= 15 is 0 Å². The quantitative estimate of drug-likeness (QED) is 0.902. The Bertz CT molecular complexity index is 754. The molecule has 0 bridgehead atoms. The second-order valence-electron chi connectivity index (χ2n) is 7.22. The summed E-state index contributed by atoms with van der Waals surface area (Å²) in [7, 11) is 0. The molecule has 3 N–H and O–H groups in total. The zero-order chi connectivity index (χ0) is 17.3. The van der Waals surface area contributed by atoms with Crippen LogP contribution in [-0.2, 0) is 16.6 Å². The van der Waals surface area contributed by atoms with Crippen LogP contribution in [0, 0.1) is 0 Å². The molecule has 25 heavy (non-hydrogen) atoms. The van der Waals surface area contributed by atoms with E-state index in [9.17, 15) is 4.79 Å². The minimum atomic E-state index is -0.389. The van der Waals surface area contributed by atoms with Gasteiger partial charge in [-0.15, -0.1) is 0 Å². The molecule has 4 rings (SSSR count). The van der Waals surface area contributed by atoms with Gasteiger partial charge in [-0.25, -0.2) is 0 Å². The van der Waals surface area contributed by atoms with Crippen LogP contribution in [0.15, 0.2) is 54.6 Å². The van der Waals surface area contributed by atoms with Crippen LogP contribution in [0.5, 0.6) is 5.75 Å². The number of hydrogen-bond acceptors (Lipinski definition) is 3. The van der Waals surface area contributed by atoms with Crippen molar-refractivity contribution in [2.45, 2.75) is 43.2 Å². The molecule has 2 aromatic rings. The first-order valence-corrected chi connectivity index (χ1v) is 9.01. The highest BCUT2D eigenvalue weighted by molar-refractivity contribution is 5.82. The van der Waals surface area contributed by atoms with Gasteiger partial charge in [0.2, 0.25) is 0 Å². The van der Waals surface area contributed by atoms with E-state index in [0.29, 0.717) is 6.54 Å². The van der Waals surface area contributed by atoms with E-state index < -0.39 is 0 Å². The van der Waals surface area contributed by atoms with Crippen molar-refractivity contribution in [2.75, 3.05) is 6.54 Å². The van der Waals surface area contributed by atoms with E-state index in [0.717, 1.165) is 31.4 Å². The summed E-state index contributed by atoms with van der Waals surface area (Å²) in [6, 6.07) is 18.5. The maximum Gasteiger partial charge on any atom is 0.261 e. The van der Waals surface area contributed by atoms with Crippen LogP contribution in [-0.4, -0.2) is 24.6 Å². The average molecular weight is 336 g/mol.